The van der Waals surface area contributed by atoms with Crippen molar-refractivity contribution in [1.29, 1.82) is 0 Å². The van der Waals surface area contributed by atoms with E-state index in [1.54, 1.807) is 19.2 Å². The molecule has 0 bridgehead atoms. The second-order valence-corrected chi connectivity index (χ2v) is 4.81. The highest BCUT2D eigenvalue weighted by molar-refractivity contribution is 9.10. The van der Waals surface area contributed by atoms with Gasteiger partial charge in [-0.2, -0.15) is 4.98 Å². The van der Waals surface area contributed by atoms with Gasteiger partial charge in [-0.25, -0.2) is 4.98 Å². The molecule has 5 nitrogen and oxygen atoms in total. The molecule has 100 valence electrons. The quantitative estimate of drug-likeness (QED) is 0.916. The molecule has 0 aliphatic rings. The second-order valence-electron chi connectivity index (χ2n) is 3.49. The first-order chi connectivity index (χ1) is 9.15. The van der Waals surface area contributed by atoms with E-state index in [0.29, 0.717) is 28.2 Å². The van der Waals surface area contributed by atoms with Gasteiger partial charge in [0.15, 0.2) is 5.82 Å². The summed E-state index contributed by atoms with van der Waals surface area (Å²) in [6.07, 6.45) is 1.38. The number of anilines is 1. The van der Waals surface area contributed by atoms with Crippen molar-refractivity contribution in [1.82, 2.24) is 9.97 Å². The fraction of sp³-hybridized carbons (Fsp3) is 0.167. The summed E-state index contributed by atoms with van der Waals surface area (Å²) < 4.78 is 11.8. The van der Waals surface area contributed by atoms with Crippen molar-refractivity contribution < 1.29 is 9.47 Å². The smallest absolute Gasteiger partial charge is 0.268 e. The lowest BCUT2D eigenvalue weighted by Gasteiger charge is -2.12. The summed E-state index contributed by atoms with van der Waals surface area (Å²) in [5.74, 6) is 1.73. The van der Waals surface area contributed by atoms with Crippen LogP contribution >= 0.6 is 27.5 Å². The Balaban J connectivity index is 2.40. The van der Waals surface area contributed by atoms with Gasteiger partial charge in [0, 0.05) is 11.5 Å². The van der Waals surface area contributed by atoms with E-state index in [2.05, 4.69) is 31.2 Å². The van der Waals surface area contributed by atoms with Gasteiger partial charge in [-0.15, -0.1) is 0 Å². The predicted molar refractivity (Wildman–Crippen MR) is 77.4 cm³/mol. The Hall–Kier alpha value is -1.53. The van der Waals surface area contributed by atoms with Crippen molar-refractivity contribution in [2.45, 2.75) is 0 Å². The highest BCUT2D eigenvalue weighted by atomic mass is 79.9. The zero-order valence-corrected chi connectivity index (χ0v) is 12.6. The van der Waals surface area contributed by atoms with Gasteiger partial charge in [0.1, 0.15) is 12.1 Å². The van der Waals surface area contributed by atoms with Crippen LogP contribution in [0.4, 0.5) is 5.82 Å². The van der Waals surface area contributed by atoms with E-state index >= 15 is 0 Å². The van der Waals surface area contributed by atoms with Gasteiger partial charge in [0.2, 0.25) is 5.75 Å². The average molecular weight is 345 g/mol. The Kier molecular flexibility index (Phi) is 4.44. The zero-order chi connectivity index (χ0) is 13.8. The minimum atomic E-state index is 0.293. The van der Waals surface area contributed by atoms with E-state index in [9.17, 15) is 0 Å². The summed E-state index contributed by atoms with van der Waals surface area (Å²) >= 11 is 9.43. The van der Waals surface area contributed by atoms with Crippen molar-refractivity contribution in [3.63, 3.8) is 0 Å². The monoisotopic (exact) mass is 343 g/mol. The molecule has 1 N–H and O–H groups in total. The number of rotatable bonds is 4. The number of hydrogen-bond acceptors (Lipinski definition) is 5. The number of benzene rings is 1. The molecule has 0 atom stereocenters. The van der Waals surface area contributed by atoms with E-state index in [4.69, 9.17) is 21.1 Å². The minimum absolute atomic E-state index is 0.293. The van der Waals surface area contributed by atoms with Crippen molar-refractivity contribution in [3.05, 3.63) is 34.0 Å². The number of aromatic nitrogens is 2. The molecule has 0 amide bonds. The Morgan fingerprint density at radius 2 is 2.11 bits per heavy atom. The van der Waals surface area contributed by atoms with Crippen LogP contribution in [0.1, 0.15) is 0 Å². The molecule has 0 aliphatic heterocycles. The van der Waals surface area contributed by atoms with E-state index in [0.717, 1.165) is 4.47 Å². The van der Waals surface area contributed by atoms with E-state index < -0.39 is 0 Å². The Morgan fingerprint density at radius 1 is 1.32 bits per heavy atom. The Morgan fingerprint density at radius 3 is 2.79 bits per heavy atom. The topological polar surface area (TPSA) is 56.3 Å². The molecular weight excluding hydrogens is 334 g/mol. The number of methoxy groups -OCH3 is 1. The molecule has 0 radical (unpaired) electrons. The number of hydrogen-bond donors (Lipinski definition) is 1. The molecule has 0 unspecified atom stereocenters. The van der Waals surface area contributed by atoms with E-state index in [-0.39, 0.29) is 0 Å². The molecular formula is C12H11BrClN3O2. The lowest BCUT2D eigenvalue weighted by atomic mass is 10.3. The van der Waals surface area contributed by atoms with Crippen LogP contribution < -0.4 is 14.8 Å². The maximum Gasteiger partial charge on any atom is 0.268 e. The van der Waals surface area contributed by atoms with Gasteiger partial charge >= 0.3 is 0 Å². The molecule has 1 aromatic heterocycles. The van der Waals surface area contributed by atoms with Crippen molar-refractivity contribution in [2.24, 2.45) is 0 Å². The highest BCUT2D eigenvalue weighted by Gasteiger charge is 2.14. The molecule has 19 heavy (non-hydrogen) atoms. The summed E-state index contributed by atoms with van der Waals surface area (Å²) in [4.78, 5) is 8.09. The number of nitrogens with one attached hydrogen (secondary N) is 1. The molecule has 0 saturated carbocycles. The molecule has 7 heteroatoms. The normalized spacial score (nSPS) is 10.1. The second kappa shape index (κ2) is 6.08. The fourth-order valence-corrected chi connectivity index (χ4v) is 1.95. The molecule has 2 rings (SSSR count). The summed E-state index contributed by atoms with van der Waals surface area (Å²) in [6.45, 7) is 0. The van der Waals surface area contributed by atoms with Crippen LogP contribution in [0, 0.1) is 0 Å². The van der Waals surface area contributed by atoms with E-state index in [1.807, 2.05) is 6.07 Å². The van der Waals surface area contributed by atoms with Crippen LogP contribution in [-0.2, 0) is 0 Å². The van der Waals surface area contributed by atoms with E-state index in [1.165, 1.54) is 13.4 Å². The minimum Gasteiger partial charge on any atom is -0.489 e. The number of ether oxygens (including phenoxy) is 2. The van der Waals surface area contributed by atoms with Gasteiger partial charge in [-0.3, -0.25) is 0 Å². The average Bonchev–Trinajstić information content (AvgIpc) is 2.42. The van der Waals surface area contributed by atoms with Crippen LogP contribution in [0.2, 0.25) is 5.02 Å². The third-order valence-corrected chi connectivity index (χ3v) is 3.12. The predicted octanol–water partition coefficient (Wildman–Crippen LogP) is 3.74. The standard InChI is InChI=1S/C12H11BrClN3O2/c1-15-11-10(18-2)12(17-6-16-11)19-9-5-7(13)3-4-8(9)14/h3-6H,1-2H3,(H,15,16,17). The maximum absolute atomic E-state index is 6.07. The van der Waals surface area contributed by atoms with Crippen molar-refractivity contribution in [2.75, 3.05) is 19.5 Å². The van der Waals surface area contributed by atoms with Gasteiger partial charge < -0.3 is 14.8 Å². The fourth-order valence-electron chi connectivity index (χ4n) is 1.45. The van der Waals surface area contributed by atoms with Gasteiger partial charge in [0.05, 0.1) is 12.1 Å². The molecule has 2 aromatic rings. The number of nitrogens with zero attached hydrogens (tertiary/aromatic N) is 2. The molecule has 1 heterocycles. The van der Waals surface area contributed by atoms with Gasteiger partial charge in [0.25, 0.3) is 5.88 Å². The van der Waals surface area contributed by atoms with Crippen LogP contribution in [0.15, 0.2) is 29.0 Å². The highest BCUT2D eigenvalue weighted by Crippen LogP contribution is 2.37. The largest absolute Gasteiger partial charge is 0.489 e. The molecule has 1 aromatic carbocycles. The first-order valence-corrected chi connectivity index (χ1v) is 6.52. The summed E-state index contributed by atoms with van der Waals surface area (Å²) in [5.41, 5.74) is 0. The zero-order valence-electron chi connectivity index (χ0n) is 10.3. The summed E-state index contributed by atoms with van der Waals surface area (Å²) in [5, 5.41) is 3.38. The van der Waals surface area contributed by atoms with Crippen LogP contribution in [0.5, 0.6) is 17.4 Å². The lowest BCUT2D eigenvalue weighted by Crippen LogP contribution is -2.01. The van der Waals surface area contributed by atoms with Crippen molar-refractivity contribution >= 4 is 33.3 Å². The first-order valence-electron chi connectivity index (χ1n) is 5.35. The summed E-state index contributed by atoms with van der Waals surface area (Å²) in [6, 6.07) is 5.31. The lowest BCUT2D eigenvalue weighted by molar-refractivity contribution is 0.369. The van der Waals surface area contributed by atoms with Gasteiger partial charge in [-0.05, 0) is 18.2 Å². The van der Waals surface area contributed by atoms with Gasteiger partial charge in [-0.1, -0.05) is 27.5 Å². The number of halogens is 2. The first kappa shape index (κ1) is 13.9. The third-order valence-electron chi connectivity index (χ3n) is 2.31. The Bertz CT molecular complexity index is 595. The molecule has 0 aliphatic carbocycles. The van der Waals surface area contributed by atoms with Crippen molar-refractivity contribution in [3.8, 4) is 17.4 Å². The molecule has 0 saturated heterocycles. The Labute approximate surface area is 124 Å². The molecule has 0 spiro atoms. The maximum atomic E-state index is 6.07. The van der Waals surface area contributed by atoms with Crippen LogP contribution in [0.25, 0.3) is 0 Å². The third kappa shape index (κ3) is 3.08. The SMILES string of the molecule is CNc1ncnc(Oc2cc(Br)ccc2Cl)c1OC. The summed E-state index contributed by atoms with van der Waals surface area (Å²) in [7, 11) is 3.26. The van der Waals surface area contributed by atoms with Crippen LogP contribution in [-0.4, -0.2) is 24.1 Å². The molecule has 0 fully saturated rings. The van der Waals surface area contributed by atoms with Crippen LogP contribution in [0.3, 0.4) is 0 Å².